The molecule has 1 aromatic carbocycles. The van der Waals surface area contributed by atoms with E-state index in [4.69, 9.17) is 9.84 Å². The summed E-state index contributed by atoms with van der Waals surface area (Å²) in [5, 5.41) is 8.76. The lowest BCUT2D eigenvalue weighted by molar-refractivity contribution is -0.136. The molecule has 3 nitrogen and oxygen atoms in total. The van der Waals surface area contributed by atoms with Crippen LogP contribution < -0.4 is 0 Å². The first-order chi connectivity index (χ1) is 7.62. The molecule has 1 heterocycles. The lowest BCUT2D eigenvalue weighted by Crippen LogP contribution is -2.22. The van der Waals surface area contributed by atoms with Crippen LogP contribution in [0.15, 0.2) is 24.3 Å². The predicted molar refractivity (Wildman–Crippen MR) is 56.0 cm³/mol. The molecule has 1 aliphatic rings. The highest BCUT2D eigenvalue weighted by molar-refractivity contribution is 5.71. The lowest BCUT2D eigenvalue weighted by Gasteiger charge is -2.20. The number of aliphatic carboxylic acids is 1. The summed E-state index contributed by atoms with van der Waals surface area (Å²) in [6.07, 6.45) is 0.144. The summed E-state index contributed by atoms with van der Waals surface area (Å²) in [5.74, 6) is -0.949. The van der Waals surface area contributed by atoms with Crippen LogP contribution in [0.1, 0.15) is 17.5 Å². The van der Waals surface area contributed by atoms with Crippen LogP contribution in [-0.2, 0) is 21.6 Å². The molecule has 1 atom stereocenters. The van der Waals surface area contributed by atoms with E-state index in [1.165, 1.54) is 0 Å². The Balaban J connectivity index is 2.35. The molecule has 86 valence electrons. The van der Waals surface area contributed by atoms with Gasteiger partial charge in [0.05, 0.1) is 19.6 Å². The Bertz CT molecular complexity index is 397. The maximum Gasteiger partial charge on any atom is 0.307 e. The van der Waals surface area contributed by atoms with Crippen molar-refractivity contribution in [2.75, 3.05) is 13.2 Å². The summed E-state index contributed by atoms with van der Waals surface area (Å²) in [5.41, 5.74) is -0.538. The third-order valence-electron chi connectivity index (χ3n) is 2.82. The van der Waals surface area contributed by atoms with E-state index in [1.807, 2.05) is 0 Å². The number of rotatable bonds is 3. The SMILES string of the molecule is O=C(O)Cc1ccccc1C1(F)CCOC1. The van der Waals surface area contributed by atoms with Crippen molar-refractivity contribution in [1.82, 2.24) is 0 Å². The fourth-order valence-electron chi connectivity index (χ4n) is 2.03. The molecule has 1 N–H and O–H groups in total. The number of carboxylic acid groups (broad SMARTS) is 1. The number of ether oxygens (including phenoxy) is 1. The molecule has 1 saturated heterocycles. The van der Waals surface area contributed by atoms with E-state index in [0.717, 1.165) is 0 Å². The van der Waals surface area contributed by atoms with Crippen LogP contribution in [-0.4, -0.2) is 24.3 Å². The molecule has 0 saturated carbocycles. The average Bonchev–Trinajstić information content (AvgIpc) is 2.66. The van der Waals surface area contributed by atoms with Crippen molar-refractivity contribution in [3.8, 4) is 0 Å². The van der Waals surface area contributed by atoms with Crippen molar-refractivity contribution in [1.29, 1.82) is 0 Å². The standard InChI is InChI=1S/C12H13FO3/c13-12(5-6-16-8-12)10-4-2-1-3-9(10)7-11(14)15/h1-4H,5-8H2,(H,14,15). The largest absolute Gasteiger partial charge is 0.481 e. The number of halogens is 1. The highest BCUT2D eigenvalue weighted by atomic mass is 19.1. The fourth-order valence-corrected chi connectivity index (χ4v) is 2.03. The normalized spacial score (nSPS) is 24.6. The monoisotopic (exact) mass is 224 g/mol. The second-order valence-electron chi connectivity index (χ2n) is 4.00. The van der Waals surface area contributed by atoms with Crippen molar-refractivity contribution in [3.63, 3.8) is 0 Å². The van der Waals surface area contributed by atoms with Gasteiger partial charge in [0, 0.05) is 6.42 Å². The number of benzene rings is 1. The zero-order valence-corrected chi connectivity index (χ0v) is 8.78. The van der Waals surface area contributed by atoms with Gasteiger partial charge in [0.1, 0.15) is 0 Å². The molecule has 1 fully saturated rings. The number of alkyl halides is 1. The molecule has 0 aliphatic carbocycles. The van der Waals surface area contributed by atoms with Gasteiger partial charge in [0.2, 0.25) is 0 Å². The van der Waals surface area contributed by atoms with Crippen LogP contribution in [0.3, 0.4) is 0 Å². The molecule has 2 rings (SSSR count). The van der Waals surface area contributed by atoms with E-state index in [9.17, 15) is 9.18 Å². The van der Waals surface area contributed by atoms with Crippen molar-refractivity contribution >= 4 is 5.97 Å². The van der Waals surface area contributed by atoms with Gasteiger partial charge in [-0.1, -0.05) is 24.3 Å². The Morgan fingerprint density at radius 3 is 2.88 bits per heavy atom. The van der Waals surface area contributed by atoms with E-state index in [-0.39, 0.29) is 13.0 Å². The molecule has 1 aromatic rings. The number of hydrogen-bond donors (Lipinski definition) is 1. The number of hydrogen-bond acceptors (Lipinski definition) is 2. The molecule has 4 heteroatoms. The topological polar surface area (TPSA) is 46.5 Å². The Morgan fingerprint density at radius 2 is 2.25 bits per heavy atom. The van der Waals surface area contributed by atoms with Crippen molar-refractivity contribution in [2.24, 2.45) is 0 Å². The first-order valence-corrected chi connectivity index (χ1v) is 5.19. The summed E-state index contributed by atoms with van der Waals surface area (Å²) in [4.78, 5) is 10.7. The summed E-state index contributed by atoms with van der Waals surface area (Å²) in [6, 6.07) is 6.75. The molecular weight excluding hydrogens is 211 g/mol. The maximum atomic E-state index is 14.4. The second-order valence-corrected chi connectivity index (χ2v) is 4.00. The third-order valence-corrected chi connectivity index (χ3v) is 2.82. The first-order valence-electron chi connectivity index (χ1n) is 5.19. The Labute approximate surface area is 92.9 Å². The highest BCUT2D eigenvalue weighted by Gasteiger charge is 2.38. The Kier molecular flexibility index (Phi) is 2.92. The molecule has 0 bridgehead atoms. The van der Waals surface area contributed by atoms with E-state index in [0.29, 0.717) is 24.2 Å². The van der Waals surface area contributed by atoms with E-state index < -0.39 is 11.6 Å². The van der Waals surface area contributed by atoms with Crippen LogP contribution in [0.2, 0.25) is 0 Å². The van der Waals surface area contributed by atoms with Crippen LogP contribution >= 0.6 is 0 Å². The molecule has 0 amide bonds. The summed E-state index contributed by atoms with van der Waals surface area (Å²) < 4.78 is 19.5. The maximum absolute atomic E-state index is 14.4. The Hall–Kier alpha value is -1.42. The van der Waals surface area contributed by atoms with E-state index in [2.05, 4.69) is 0 Å². The van der Waals surface area contributed by atoms with E-state index in [1.54, 1.807) is 24.3 Å². The van der Waals surface area contributed by atoms with Gasteiger partial charge in [-0.3, -0.25) is 4.79 Å². The average molecular weight is 224 g/mol. The third kappa shape index (κ3) is 2.07. The zero-order valence-electron chi connectivity index (χ0n) is 8.78. The van der Waals surface area contributed by atoms with Crippen molar-refractivity contribution in [3.05, 3.63) is 35.4 Å². The minimum Gasteiger partial charge on any atom is -0.481 e. The zero-order chi connectivity index (χ0) is 11.6. The molecule has 16 heavy (non-hydrogen) atoms. The lowest BCUT2D eigenvalue weighted by atomic mass is 9.89. The molecule has 1 aliphatic heterocycles. The fraction of sp³-hybridized carbons (Fsp3) is 0.417. The van der Waals surface area contributed by atoms with Gasteiger partial charge in [0.25, 0.3) is 0 Å². The van der Waals surface area contributed by atoms with Gasteiger partial charge < -0.3 is 9.84 Å². The van der Waals surface area contributed by atoms with Crippen LogP contribution in [0.5, 0.6) is 0 Å². The van der Waals surface area contributed by atoms with Gasteiger partial charge >= 0.3 is 5.97 Å². The highest BCUT2D eigenvalue weighted by Crippen LogP contribution is 2.36. The number of carbonyl (C=O) groups is 1. The summed E-state index contributed by atoms with van der Waals surface area (Å²) in [6.45, 7) is 0.404. The first kappa shape index (κ1) is 11.1. The van der Waals surface area contributed by atoms with Gasteiger partial charge in [-0.25, -0.2) is 4.39 Å². The summed E-state index contributed by atoms with van der Waals surface area (Å²) >= 11 is 0. The van der Waals surface area contributed by atoms with Crippen LogP contribution in [0.4, 0.5) is 4.39 Å². The molecule has 0 aromatic heterocycles. The summed E-state index contributed by atoms with van der Waals surface area (Å²) in [7, 11) is 0. The van der Waals surface area contributed by atoms with E-state index >= 15 is 0 Å². The van der Waals surface area contributed by atoms with Gasteiger partial charge in [-0.05, 0) is 11.1 Å². The van der Waals surface area contributed by atoms with Gasteiger partial charge in [0.15, 0.2) is 5.67 Å². The second kappa shape index (κ2) is 4.22. The van der Waals surface area contributed by atoms with Gasteiger partial charge in [-0.15, -0.1) is 0 Å². The Morgan fingerprint density at radius 1 is 1.50 bits per heavy atom. The molecule has 0 radical (unpaired) electrons. The van der Waals surface area contributed by atoms with Crippen LogP contribution in [0.25, 0.3) is 0 Å². The molecular formula is C12H13FO3. The van der Waals surface area contributed by atoms with Gasteiger partial charge in [-0.2, -0.15) is 0 Å². The van der Waals surface area contributed by atoms with Crippen molar-refractivity contribution in [2.45, 2.75) is 18.5 Å². The van der Waals surface area contributed by atoms with Crippen molar-refractivity contribution < 1.29 is 19.0 Å². The molecule has 0 spiro atoms. The van der Waals surface area contributed by atoms with Crippen LogP contribution in [0, 0.1) is 0 Å². The minimum atomic E-state index is -1.52. The predicted octanol–water partition coefficient (Wildman–Crippen LogP) is 1.90. The quantitative estimate of drug-likeness (QED) is 0.852. The smallest absolute Gasteiger partial charge is 0.307 e. The molecule has 1 unspecified atom stereocenters. The number of carboxylic acids is 1. The minimum absolute atomic E-state index is 0.0175.